The van der Waals surface area contributed by atoms with E-state index in [9.17, 15) is 4.79 Å². The number of ether oxygens (including phenoxy) is 2. The number of hydroxylamine groups is 1. The van der Waals surface area contributed by atoms with Crippen molar-refractivity contribution in [2.24, 2.45) is 0 Å². The maximum absolute atomic E-state index is 12.9. The van der Waals surface area contributed by atoms with Gasteiger partial charge >= 0.3 is 0 Å². The van der Waals surface area contributed by atoms with Gasteiger partial charge in [0.05, 0.1) is 6.42 Å². The van der Waals surface area contributed by atoms with E-state index in [1.807, 2.05) is 74.5 Å². The molecule has 0 aliphatic carbocycles. The van der Waals surface area contributed by atoms with E-state index in [1.165, 1.54) is 0 Å². The highest BCUT2D eigenvalue weighted by atomic mass is 16.7. The van der Waals surface area contributed by atoms with Gasteiger partial charge < -0.3 is 9.47 Å². The van der Waals surface area contributed by atoms with Gasteiger partial charge in [-0.05, 0) is 25.0 Å². The molecule has 1 amide bonds. The topological polar surface area (TPSA) is 72.1 Å². The minimum Gasteiger partial charge on any atom is -0.461 e. The third-order valence-corrected chi connectivity index (χ3v) is 5.02. The second kappa shape index (κ2) is 7.87. The monoisotopic (exact) mass is 395 g/mol. The van der Waals surface area contributed by atoms with Gasteiger partial charge in [0.15, 0.2) is 17.1 Å². The van der Waals surface area contributed by atoms with Gasteiger partial charge in [-0.25, -0.2) is 0 Å². The van der Waals surface area contributed by atoms with Crippen molar-refractivity contribution in [2.45, 2.75) is 38.1 Å². The molecule has 0 bridgehead atoms. The molecule has 2 N–H and O–H groups in total. The molecule has 7 nitrogen and oxygen atoms in total. The SMILES string of the molecule is CC1(C)ONC(Cc2ccccc2)(C2=COCO2)N1NC(=O)Cc1ccccc1. The summed E-state index contributed by atoms with van der Waals surface area (Å²) in [5.74, 6) is 0.403. The fourth-order valence-corrected chi connectivity index (χ4v) is 3.65. The van der Waals surface area contributed by atoms with Gasteiger partial charge in [-0.2, -0.15) is 10.5 Å². The van der Waals surface area contributed by atoms with Crippen LogP contribution in [0.5, 0.6) is 0 Å². The van der Waals surface area contributed by atoms with Gasteiger partial charge in [0.1, 0.15) is 6.26 Å². The molecule has 0 spiro atoms. The molecule has 1 atom stereocenters. The molecule has 0 aromatic heterocycles. The van der Waals surface area contributed by atoms with Crippen LogP contribution >= 0.6 is 0 Å². The molecule has 7 heteroatoms. The second-order valence-electron chi connectivity index (χ2n) is 7.62. The number of carbonyl (C=O) groups is 1. The summed E-state index contributed by atoms with van der Waals surface area (Å²) in [5, 5.41) is 1.78. The number of benzene rings is 2. The van der Waals surface area contributed by atoms with Crippen LogP contribution in [0, 0.1) is 0 Å². The van der Waals surface area contributed by atoms with E-state index >= 15 is 0 Å². The molecule has 0 radical (unpaired) electrons. The van der Waals surface area contributed by atoms with E-state index in [0.717, 1.165) is 11.1 Å². The molecule has 2 aromatic carbocycles. The minimum atomic E-state index is -0.951. The quantitative estimate of drug-likeness (QED) is 0.784. The zero-order chi connectivity index (χ0) is 20.3. The van der Waals surface area contributed by atoms with Crippen LogP contribution in [0.25, 0.3) is 0 Å². The predicted molar refractivity (Wildman–Crippen MR) is 106 cm³/mol. The van der Waals surface area contributed by atoms with Crippen molar-refractivity contribution in [3.8, 4) is 0 Å². The number of nitrogens with one attached hydrogen (secondary N) is 2. The number of hydrogen-bond donors (Lipinski definition) is 2. The Morgan fingerprint density at radius 1 is 1.07 bits per heavy atom. The van der Waals surface area contributed by atoms with E-state index < -0.39 is 11.4 Å². The molecule has 2 aromatic rings. The number of hydrazine groups is 1. The summed E-state index contributed by atoms with van der Waals surface area (Å²) < 4.78 is 11.1. The Bertz CT molecular complexity index is 885. The number of amides is 1. The molecule has 2 heterocycles. The Balaban J connectivity index is 1.64. The molecule has 4 rings (SSSR count). The van der Waals surface area contributed by atoms with E-state index in [0.29, 0.717) is 12.2 Å². The van der Waals surface area contributed by atoms with Crippen molar-refractivity contribution in [3.63, 3.8) is 0 Å². The van der Waals surface area contributed by atoms with Crippen LogP contribution < -0.4 is 10.9 Å². The summed E-state index contributed by atoms with van der Waals surface area (Å²) in [6.07, 6.45) is 2.32. The molecule has 2 aliphatic heterocycles. The fraction of sp³-hybridized carbons (Fsp3) is 0.318. The first-order valence-electron chi connectivity index (χ1n) is 9.57. The lowest BCUT2D eigenvalue weighted by Gasteiger charge is -2.40. The lowest BCUT2D eigenvalue weighted by molar-refractivity contribution is -0.141. The average molecular weight is 395 g/mol. The van der Waals surface area contributed by atoms with E-state index in [2.05, 4.69) is 10.9 Å². The summed E-state index contributed by atoms with van der Waals surface area (Å²) in [6, 6.07) is 19.6. The average Bonchev–Trinajstić information content (AvgIpc) is 3.33. The third-order valence-electron chi connectivity index (χ3n) is 5.02. The van der Waals surface area contributed by atoms with Crippen LogP contribution in [0.2, 0.25) is 0 Å². The van der Waals surface area contributed by atoms with Crippen molar-refractivity contribution in [2.75, 3.05) is 6.79 Å². The smallest absolute Gasteiger partial charge is 0.238 e. The largest absolute Gasteiger partial charge is 0.461 e. The molecule has 2 aliphatic rings. The lowest BCUT2D eigenvalue weighted by Crippen LogP contribution is -2.64. The molecular formula is C22H25N3O4. The normalized spacial score (nSPS) is 23.2. The predicted octanol–water partition coefficient (Wildman–Crippen LogP) is 2.62. The van der Waals surface area contributed by atoms with Crippen LogP contribution in [-0.2, 0) is 31.9 Å². The first kappa shape index (κ1) is 19.4. The van der Waals surface area contributed by atoms with Crippen LogP contribution in [0.4, 0.5) is 0 Å². The van der Waals surface area contributed by atoms with Crippen molar-refractivity contribution < 1.29 is 19.1 Å². The standard InChI is InChI=1S/C22H25N3O4/c1-21(2)25(23-20(26)13-17-9-5-3-6-10-17)22(24-29-21,19-15-27-16-28-19)14-18-11-7-4-8-12-18/h3-12,15,24H,13-14,16H2,1-2H3,(H,23,26). The van der Waals surface area contributed by atoms with E-state index in [-0.39, 0.29) is 19.1 Å². The fourth-order valence-electron chi connectivity index (χ4n) is 3.65. The Labute approximate surface area is 170 Å². The van der Waals surface area contributed by atoms with Crippen molar-refractivity contribution in [1.82, 2.24) is 15.9 Å². The Morgan fingerprint density at radius 3 is 2.34 bits per heavy atom. The highest BCUT2D eigenvalue weighted by Gasteiger charge is 2.57. The second-order valence-corrected chi connectivity index (χ2v) is 7.62. The summed E-state index contributed by atoms with van der Waals surface area (Å²) in [4.78, 5) is 18.8. The molecule has 152 valence electrons. The van der Waals surface area contributed by atoms with Crippen molar-refractivity contribution in [1.29, 1.82) is 0 Å². The third kappa shape index (κ3) is 3.98. The molecule has 29 heavy (non-hydrogen) atoms. The maximum Gasteiger partial charge on any atom is 0.238 e. The molecular weight excluding hydrogens is 370 g/mol. The zero-order valence-electron chi connectivity index (χ0n) is 16.6. The number of rotatable bonds is 6. The summed E-state index contributed by atoms with van der Waals surface area (Å²) in [5.41, 5.74) is 6.36. The molecule has 0 saturated carbocycles. The van der Waals surface area contributed by atoms with Gasteiger partial charge in [-0.15, -0.1) is 0 Å². The maximum atomic E-state index is 12.9. The molecule has 1 fully saturated rings. The van der Waals surface area contributed by atoms with Gasteiger partial charge in [0, 0.05) is 6.42 Å². The Morgan fingerprint density at radius 2 is 1.72 bits per heavy atom. The lowest BCUT2D eigenvalue weighted by atomic mass is 9.96. The summed E-state index contributed by atoms with van der Waals surface area (Å²) in [7, 11) is 0. The number of carbonyl (C=O) groups excluding carboxylic acids is 1. The number of nitrogens with zero attached hydrogens (tertiary/aromatic N) is 1. The highest BCUT2D eigenvalue weighted by Crippen LogP contribution is 2.38. The Kier molecular flexibility index (Phi) is 5.27. The van der Waals surface area contributed by atoms with Gasteiger partial charge in [-0.3, -0.25) is 15.1 Å². The van der Waals surface area contributed by atoms with Crippen molar-refractivity contribution in [3.05, 3.63) is 83.8 Å². The van der Waals surface area contributed by atoms with E-state index in [4.69, 9.17) is 14.3 Å². The van der Waals surface area contributed by atoms with Crippen LogP contribution in [0.1, 0.15) is 25.0 Å². The Hall–Kier alpha value is -2.87. The minimum absolute atomic E-state index is 0.125. The first-order chi connectivity index (χ1) is 14.0. The zero-order valence-corrected chi connectivity index (χ0v) is 16.6. The number of hydrogen-bond acceptors (Lipinski definition) is 6. The van der Waals surface area contributed by atoms with Crippen molar-refractivity contribution >= 4 is 5.91 Å². The van der Waals surface area contributed by atoms with Crippen LogP contribution in [0.3, 0.4) is 0 Å². The summed E-state index contributed by atoms with van der Waals surface area (Å²) in [6.45, 7) is 3.89. The molecule has 1 unspecified atom stereocenters. The first-order valence-corrected chi connectivity index (χ1v) is 9.57. The summed E-state index contributed by atoms with van der Waals surface area (Å²) >= 11 is 0. The van der Waals surface area contributed by atoms with Gasteiger partial charge in [-0.1, -0.05) is 60.7 Å². The van der Waals surface area contributed by atoms with Crippen LogP contribution in [-0.4, -0.2) is 29.1 Å². The van der Waals surface area contributed by atoms with Gasteiger partial charge in [0.25, 0.3) is 0 Å². The highest BCUT2D eigenvalue weighted by molar-refractivity contribution is 5.78. The van der Waals surface area contributed by atoms with Gasteiger partial charge in [0.2, 0.25) is 12.7 Å². The van der Waals surface area contributed by atoms with Crippen LogP contribution in [0.15, 0.2) is 72.7 Å². The molecule has 1 saturated heterocycles. The van der Waals surface area contributed by atoms with E-state index in [1.54, 1.807) is 11.3 Å².